The van der Waals surface area contributed by atoms with Gasteiger partial charge < -0.3 is 14.6 Å². The van der Waals surface area contributed by atoms with E-state index in [0.29, 0.717) is 25.3 Å². The van der Waals surface area contributed by atoms with Crippen LogP contribution in [0, 0.1) is 5.82 Å². The Morgan fingerprint density at radius 3 is 2.83 bits per heavy atom. The molecule has 1 aromatic carbocycles. The lowest BCUT2D eigenvalue weighted by Crippen LogP contribution is -2.42. The third-order valence-electron chi connectivity index (χ3n) is 3.65. The van der Waals surface area contributed by atoms with Gasteiger partial charge in [-0.3, -0.25) is 9.59 Å². The molecule has 0 spiro atoms. The first-order chi connectivity index (χ1) is 11.5. The zero-order chi connectivity index (χ0) is 17.1. The van der Waals surface area contributed by atoms with E-state index in [0.717, 1.165) is 11.6 Å². The third-order valence-corrected chi connectivity index (χ3v) is 3.94. The van der Waals surface area contributed by atoms with Crippen molar-refractivity contribution in [2.75, 3.05) is 18.4 Å². The van der Waals surface area contributed by atoms with Gasteiger partial charge in [0, 0.05) is 24.4 Å². The van der Waals surface area contributed by atoms with E-state index < -0.39 is 17.6 Å². The number of hydrogen-bond acceptors (Lipinski definition) is 3. The number of anilines is 1. The minimum atomic E-state index is -0.793. The van der Waals surface area contributed by atoms with E-state index >= 15 is 0 Å². The van der Waals surface area contributed by atoms with Gasteiger partial charge >= 0.3 is 11.8 Å². The normalized spacial score (nSPS) is 14.2. The highest BCUT2D eigenvalue weighted by atomic mass is 35.5. The number of furan rings is 1. The van der Waals surface area contributed by atoms with Gasteiger partial charge in [-0.15, -0.1) is 0 Å². The second-order valence-electron chi connectivity index (χ2n) is 5.31. The standard InChI is InChI=1S/C17H14ClFN2O3/c18-13-9-12(5-6-14(13)19)20-16(22)17(23)21-7-1-3-11(10-21)15-4-2-8-24-15/h2-6,8-9H,1,7,10H2,(H,20,22). The van der Waals surface area contributed by atoms with Crippen LogP contribution in [0.2, 0.25) is 5.02 Å². The van der Waals surface area contributed by atoms with Crippen molar-refractivity contribution < 1.29 is 18.4 Å². The van der Waals surface area contributed by atoms with Crippen LogP contribution in [-0.2, 0) is 9.59 Å². The van der Waals surface area contributed by atoms with Gasteiger partial charge in [0.2, 0.25) is 0 Å². The van der Waals surface area contributed by atoms with E-state index in [-0.39, 0.29) is 10.7 Å². The van der Waals surface area contributed by atoms with Gasteiger partial charge in [0.25, 0.3) is 0 Å². The maximum absolute atomic E-state index is 13.1. The van der Waals surface area contributed by atoms with Crippen molar-refractivity contribution in [1.29, 1.82) is 0 Å². The Kier molecular flexibility index (Phi) is 4.66. The fraction of sp³-hybridized carbons (Fsp3) is 0.176. The molecule has 0 aliphatic carbocycles. The zero-order valence-corrected chi connectivity index (χ0v) is 13.3. The summed E-state index contributed by atoms with van der Waals surface area (Å²) in [7, 11) is 0. The molecule has 24 heavy (non-hydrogen) atoms. The van der Waals surface area contributed by atoms with Crippen molar-refractivity contribution >= 4 is 34.7 Å². The molecule has 2 aromatic rings. The molecule has 1 aliphatic heterocycles. The van der Waals surface area contributed by atoms with Crippen LogP contribution < -0.4 is 5.32 Å². The molecular formula is C17H14ClFN2O3. The number of carbonyl (C=O) groups is 2. The van der Waals surface area contributed by atoms with Crippen LogP contribution in [0.25, 0.3) is 5.57 Å². The molecule has 0 saturated carbocycles. The number of rotatable bonds is 2. The largest absolute Gasteiger partial charge is 0.465 e. The van der Waals surface area contributed by atoms with Gasteiger partial charge in [-0.2, -0.15) is 0 Å². The number of nitrogens with zero attached hydrogens (tertiary/aromatic N) is 1. The van der Waals surface area contributed by atoms with Crippen LogP contribution in [0.4, 0.5) is 10.1 Å². The molecule has 0 fully saturated rings. The van der Waals surface area contributed by atoms with E-state index in [1.807, 2.05) is 6.08 Å². The first-order valence-corrected chi connectivity index (χ1v) is 7.70. The van der Waals surface area contributed by atoms with Crippen molar-refractivity contribution in [2.45, 2.75) is 6.42 Å². The molecular weight excluding hydrogens is 335 g/mol. The minimum Gasteiger partial charge on any atom is -0.465 e. The molecule has 0 radical (unpaired) electrons. The summed E-state index contributed by atoms with van der Waals surface area (Å²) in [5.74, 6) is -1.37. The van der Waals surface area contributed by atoms with Gasteiger partial charge in [-0.05, 0) is 36.8 Å². The van der Waals surface area contributed by atoms with Crippen molar-refractivity contribution in [3.05, 3.63) is 59.3 Å². The van der Waals surface area contributed by atoms with Gasteiger partial charge in [-0.25, -0.2) is 4.39 Å². The van der Waals surface area contributed by atoms with Crippen molar-refractivity contribution in [3.8, 4) is 0 Å². The summed E-state index contributed by atoms with van der Waals surface area (Å²) in [4.78, 5) is 25.9. The molecule has 0 atom stereocenters. The average molecular weight is 349 g/mol. The molecule has 7 heteroatoms. The van der Waals surface area contributed by atoms with Gasteiger partial charge in [-0.1, -0.05) is 17.7 Å². The van der Waals surface area contributed by atoms with E-state index in [2.05, 4.69) is 5.32 Å². The Hall–Kier alpha value is -2.60. The third kappa shape index (κ3) is 3.49. The molecule has 3 rings (SSSR count). The summed E-state index contributed by atoms with van der Waals surface area (Å²) in [5.41, 5.74) is 1.12. The molecule has 1 N–H and O–H groups in total. The van der Waals surface area contributed by atoms with Crippen LogP contribution in [0.15, 0.2) is 47.1 Å². The summed E-state index contributed by atoms with van der Waals surface area (Å²) in [6, 6.07) is 7.30. The number of benzene rings is 1. The Bertz CT molecular complexity index is 802. The van der Waals surface area contributed by atoms with E-state index in [1.165, 1.54) is 17.0 Å². The maximum Gasteiger partial charge on any atom is 0.313 e. The highest BCUT2D eigenvalue weighted by Crippen LogP contribution is 2.22. The van der Waals surface area contributed by atoms with Gasteiger partial charge in [0.15, 0.2) is 0 Å². The van der Waals surface area contributed by atoms with E-state index in [4.69, 9.17) is 16.0 Å². The van der Waals surface area contributed by atoms with Crippen LogP contribution in [0.5, 0.6) is 0 Å². The molecule has 2 heterocycles. The van der Waals surface area contributed by atoms with E-state index in [1.54, 1.807) is 18.4 Å². The number of carbonyl (C=O) groups excluding carboxylic acids is 2. The predicted octanol–water partition coefficient (Wildman–Crippen LogP) is 3.33. The lowest BCUT2D eigenvalue weighted by molar-refractivity contribution is -0.142. The highest BCUT2D eigenvalue weighted by molar-refractivity contribution is 6.40. The molecule has 0 saturated heterocycles. The number of halogens is 2. The summed E-state index contributed by atoms with van der Waals surface area (Å²) < 4.78 is 18.5. The molecule has 1 aliphatic rings. The lowest BCUT2D eigenvalue weighted by atomic mass is 10.1. The van der Waals surface area contributed by atoms with Crippen LogP contribution in [0.3, 0.4) is 0 Å². The fourth-order valence-corrected chi connectivity index (χ4v) is 2.64. The average Bonchev–Trinajstić information content (AvgIpc) is 3.12. The summed E-state index contributed by atoms with van der Waals surface area (Å²) in [6.07, 6.45) is 4.18. The second kappa shape index (κ2) is 6.88. The number of hydrogen-bond donors (Lipinski definition) is 1. The SMILES string of the molecule is O=C(Nc1ccc(F)c(Cl)c1)C(=O)N1CCC=C(c2ccco2)C1. The van der Waals surface area contributed by atoms with Gasteiger partial charge in [0.05, 0.1) is 11.3 Å². The van der Waals surface area contributed by atoms with Crippen LogP contribution in [-0.4, -0.2) is 29.8 Å². The molecule has 0 bridgehead atoms. The number of nitrogens with one attached hydrogen (secondary N) is 1. The van der Waals surface area contributed by atoms with Gasteiger partial charge in [0.1, 0.15) is 11.6 Å². The molecule has 1 aromatic heterocycles. The van der Waals surface area contributed by atoms with Crippen molar-refractivity contribution in [1.82, 2.24) is 4.90 Å². The second-order valence-corrected chi connectivity index (χ2v) is 5.71. The Labute approximate surface area is 142 Å². The van der Waals surface area contributed by atoms with Crippen LogP contribution >= 0.6 is 11.6 Å². The molecule has 5 nitrogen and oxygen atoms in total. The topological polar surface area (TPSA) is 62.6 Å². The minimum absolute atomic E-state index is 0.124. The monoisotopic (exact) mass is 348 g/mol. The summed E-state index contributed by atoms with van der Waals surface area (Å²) >= 11 is 5.66. The number of amides is 2. The predicted molar refractivity (Wildman–Crippen MR) is 87.9 cm³/mol. The quantitative estimate of drug-likeness (QED) is 0.847. The van der Waals surface area contributed by atoms with Crippen LogP contribution in [0.1, 0.15) is 12.2 Å². The zero-order valence-electron chi connectivity index (χ0n) is 12.6. The Morgan fingerprint density at radius 1 is 1.29 bits per heavy atom. The Balaban J connectivity index is 1.66. The maximum atomic E-state index is 13.1. The molecule has 2 amide bonds. The highest BCUT2D eigenvalue weighted by Gasteiger charge is 2.25. The van der Waals surface area contributed by atoms with Crippen molar-refractivity contribution in [2.24, 2.45) is 0 Å². The summed E-state index contributed by atoms with van der Waals surface area (Å²) in [5, 5.41) is 2.31. The summed E-state index contributed by atoms with van der Waals surface area (Å²) in [6.45, 7) is 0.741. The van der Waals surface area contributed by atoms with Crippen molar-refractivity contribution in [3.63, 3.8) is 0 Å². The Morgan fingerprint density at radius 2 is 2.12 bits per heavy atom. The fourth-order valence-electron chi connectivity index (χ4n) is 2.46. The van der Waals surface area contributed by atoms with E-state index in [9.17, 15) is 14.0 Å². The smallest absolute Gasteiger partial charge is 0.313 e. The lowest BCUT2D eigenvalue weighted by Gasteiger charge is -2.26. The molecule has 0 unspecified atom stereocenters. The first kappa shape index (κ1) is 16.3. The molecule has 124 valence electrons. The first-order valence-electron chi connectivity index (χ1n) is 7.33.